The van der Waals surface area contributed by atoms with E-state index in [1.165, 1.54) is 19.5 Å². The molecule has 7 heteroatoms. The van der Waals surface area contributed by atoms with E-state index in [2.05, 4.69) is 20.6 Å². The quantitative estimate of drug-likeness (QED) is 0.885. The summed E-state index contributed by atoms with van der Waals surface area (Å²) in [7, 11) is 3.18. The summed E-state index contributed by atoms with van der Waals surface area (Å²) in [6.45, 7) is 0. The Kier molecular flexibility index (Phi) is 4.31. The number of rotatable bonds is 4. The van der Waals surface area contributed by atoms with E-state index < -0.39 is 5.91 Å². The van der Waals surface area contributed by atoms with Gasteiger partial charge >= 0.3 is 0 Å². The molecule has 7 nitrogen and oxygen atoms in total. The summed E-state index contributed by atoms with van der Waals surface area (Å²) in [4.78, 5) is 20.1. The third kappa shape index (κ3) is 3.25. The van der Waals surface area contributed by atoms with Crippen molar-refractivity contribution in [3.63, 3.8) is 0 Å². The van der Waals surface area contributed by atoms with Crippen LogP contribution in [-0.2, 0) is 0 Å². The number of ether oxygens (including phenoxy) is 1. The summed E-state index contributed by atoms with van der Waals surface area (Å²) in [5, 5.41) is 14.3. The summed E-state index contributed by atoms with van der Waals surface area (Å²) in [5.74, 6) is 0.567. The van der Waals surface area contributed by atoms with Gasteiger partial charge in [-0.1, -0.05) is 0 Å². The highest BCUT2D eigenvalue weighted by Crippen LogP contribution is 2.25. The van der Waals surface area contributed by atoms with Crippen LogP contribution < -0.4 is 15.4 Å². The van der Waals surface area contributed by atoms with Gasteiger partial charge in [0.1, 0.15) is 17.3 Å². The molecule has 0 saturated carbocycles. The average molecular weight is 283 g/mol. The highest BCUT2D eigenvalue weighted by Gasteiger charge is 2.12. The Bertz CT molecular complexity index is 692. The zero-order chi connectivity index (χ0) is 15.2. The van der Waals surface area contributed by atoms with Crippen LogP contribution in [0.15, 0.2) is 30.6 Å². The van der Waals surface area contributed by atoms with Crippen LogP contribution >= 0.6 is 0 Å². The van der Waals surface area contributed by atoms with E-state index in [1.54, 1.807) is 25.2 Å². The fourth-order valence-electron chi connectivity index (χ4n) is 1.62. The van der Waals surface area contributed by atoms with Crippen LogP contribution in [0, 0.1) is 11.3 Å². The summed E-state index contributed by atoms with van der Waals surface area (Å²) < 4.78 is 5.15. The van der Waals surface area contributed by atoms with Crippen LogP contribution in [0.5, 0.6) is 5.75 Å². The lowest BCUT2D eigenvalue weighted by Crippen LogP contribution is -2.15. The Hall–Kier alpha value is -3.14. The minimum Gasteiger partial charge on any atom is -0.495 e. The molecular weight excluding hydrogens is 270 g/mol. The van der Waals surface area contributed by atoms with E-state index in [0.29, 0.717) is 22.8 Å². The number of nitrogens with zero attached hydrogens (tertiary/aromatic N) is 3. The molecule has 106 valence electrons. The maximum atomic E-state index is 12.1. The molecule has 2 rings (SSSR count). The third-order valence-corrected chi connectivity index (χ3v) is 2.72. The molecule has 1 aromatic carbocycles. The molecule has 2 aromatic rings. The van der Waals surface area contributed by atoms with Crippen LogP contribution in [0.2, 0.25) is 0 Å². The van der Waals surface area contributed by atoms with Crippen LogP contribution in [0.4, 0.5) is 11.5 Å². The van der Waals surface area contributed by atoms with Gasteiger partial charge < -0.3 is 15.4 Å². The average Bonchev–Trinajstić information content (AvgIpc) is 2.55. The zero-order valence-electron chi connectivity index (χ0n) is 11.5. The first-order chi connectivity index (χ1) is 10.2. The summed E-state index contributed by atoms with van der Waals surface area (Å²) in [5.41, 5.74) is 1.09. The van der Waals surface area contributed by atoms with Gasteiger partial charge in [0, 0.05) is 13.1 Å². The predicted octanol–water partition coefficient (Wildman–Crippen LogP) is 1.65. The topological polar surface area (TPSA) is 99.9 Å². The number of hydrogen-bond donors (Lipinski definition) is 2. The molecule has 0 aliphatic carbocycles. The Morgan fingerprint density at radius 2 is 2.14 bits per heavy atom. The van der Waals surface area contributed by atoms with Crippen molar-refractivity contribution in [1.29, 1.82) is 5.26 Å². The lowest BCUT2D eigenvalue weighted by atomic mass is 10.2. The van der Waals surface area contributed by atoms with Gasteiger partial charge in [0.15, 0.2) is 0 Å². The number of anilines is 2. The molecule has 0 aliphatic heterocycles. The molecule has 1 amide bonds. The maximum Gasteiger partial charge on any atom is 0.275 e. The number of carbonyl (C=O) groups is 1. The second kappa shape index (κ2) is 6.34. The first-order valence-corrected chi connectivity index (χ1v) is 6.07. The number of methoxy groups -OCH3 is 1. The number of nitriles is 1. The van der Waals surface area contributed by atoms with Gasteiger partial charge in [0.05, 0.1) is 36.8 Å². The highest BCUT2D eigenvalue weighted by molar-refractivity contribution is 6.03. The molecule has 0 bridgehead atoms. The second-order valence-corrected chi connectivity index (χ2v) is 4.02. The van der Waals surface area contributed by atoms with Gasteiger partial charge in [-0.25, -0.2) is 9.97 Å². The number of aromatic nitrogens is 2. The number of hydrogen-bond acceptors (Lipinski definition) is 6. The molecular formula is C14H13N5O2. The van der Waals surface area contributed by atoms with Crippen LogP contribution in [0.25, 0.3) is 0 Å². The number of nitrogens with one attached hydrogen (secondary N) is 2. The summed E-state index contributed by atoms with van der Waals surface area (Å²) >= 11 is 0. The molecule has 0 radical (unpaired) electrons. The SMILES string of the molecule is CNc1cnc(C(=O)Nc2ccc(C#N)cc2OC)cn1. The lowest BCUT2D eigenvalue weighted by molar-refractivity contribution is 0.102. The molecule has 0 unspecified atom stereocenters. The third-order valence-electron chi connectivity index (χ3n) is 2.72. The minimum atomic E-state index is -0.409. The largest absolute Gasteiger partial charge is 0.495 e. The van der Waals surface area contributed by atoms with Crippen molar-refractivity contribution in [3.8, 4) is 11.8 Å². The molecule has 0 saturated heterocycles. The van der Waals surface area contributed by atoms with Gasteiger partial charge in [0.2, 0.25) is 0 Å². The van der Waals surface area contributed by atoms with E-state index in [9.17, 15) is 4.79 Å². The van der Waals surface area contributed by atoms with Gasteiger partial charge in [-0.15, -0.1) is 0 Å². The maximum absolute atomic E-state index is 12.1. The van der Waals surface area contributed by atoms with Crippen molar-refractivity contribution in [2.45, 2.75) is 0 Å². The van der Waals surface area contributed by atoms with Crippen molar-refractivity contribution >= 4 is 17.4 Å². The van der Waals surface area contributed by atoms with E-state index in [1.807, 2.05) is 6.07 Å². The van der Waals surface area contributed by atoms with Crippen LogP contribution in [0.1, 0.15) is 16.1 Å². The van der Waals surface area contributed by atoms with Gasteiger partial charge in [-0.05, 0) is 12.1 Å². The standard InChI is InChI=1S/C14H13N5O2/c1-16-13-8-17-11(7-18-13)14(20)19-10-4-3-9(6-15)5-12(10)21-2/h3-5,7-8H,1-2H3,(H,16,18)(H,19,20). The fraction of sp³-hybridized carbons (Fsp3) is 0.143. The molecule has 0 atom stereocenters. The number of amides is 1. The van der Waals surface area contributed by atoms with Crippen molar-refractivity contribution < 1.29 is 9.53 Å². The van der Waals surface area contributed by atoms with Crippen molar-refractivity contribution in [2.24, 2.45) is 0 Å². The number of carbonyl (C=O) groups excluding carboxylic acids is 1. The molecule has 2 N–H and O–H groups in total. The molecule has 0 aliphatic rings. The highest BCUT2D eigenvalue weighted by atomic mass is 16.5. The fourth-order valence-corrected chi connectivity index (χ4v) is 1.62. The molecule has 1 heterocycles. The number of benzene rings is 1. The van der Waals surface area contributed by atoms with Crippen LogP contribution in [0.3, 0.4) is 0 Å². The van der Waals surface area contributed by atoms with Crippen molar-refractivity contribution in [2.75, 3.05) is 24.8 Å². The predicted molar refractivity (Wildman–Crippen MR) is 77.2 cm³/mol. The first-order valence-electron chi connectivity index (χ1n) is 6.07. The molecule has 1 aromatic heterocycles. The summed E-state index contributed by atoms with van der Waals surface area (Å²) in [6, 6.07) is 6.74. The molecule has 0 fully saturated rings. The second-order valence-electron chi connectivity index (χ2n) is 4.02. The lowest BCUT2D eigenvalue weighted by Gasteiger charge is -2.10. The van der Waals surface area contributed by atoms with Gasteiger partial charge in [0.25, 0.3) is 5.91 Å². The smallest absolute Gasteiger partial charge is 0.275 e. The van der Waals surface area contributed by atoms with Crippen molar-refractivity contribution in [3.05, 3.63) is 41.9 Å². The van der Waals surface area contributed by atoms with Gasteiger partial charge in [-0.2, -0.15) is 5.26 Å². The Morgan fingerprint density at radius 3 is 2.71 bits per heavy atom. The first kappa shape index (κ1) is 14.3. The summed E-state index contributed by atoms with van der Waals surface area (Å²) in [6.07, 6.45) is 2.84. The minimum absolute atomic E-state index is 0.181. The Balaban J connectivity index is 2.20. The Labute approximate surface area is 121 Å². The zero-order valence-corrected chi connectivity index (χ0v) is 11.5. The van der Waals surface area contributed by atoms with E-state index >= 15 is 0 Å². The molecule has 0 spiro atoms. The van der Waals surface area contributed by atoms with E-state index in [0.717, 1.165) is 0 Å². The normalized spacial score (nSPS) is 9.57. The van der Waals surface area contributed by atoms with Crippen LogP contribution in [-0.4, -0.2) is 30.0 Å². The van der Waals surface area contributed by atoms with E-state index in [4.69, 9.17) is 10.00 Å². The Morgan fingerprint density at radius 1 is 1.33 bits per heavy atom. The monoisotopic (exact) mass is 283 g/mol. The van der Waals surface area contributed by atoms with Crippen molar-refractivity contribution in [1.82, 2.24) is 9.97 Å². The molecule has 21 heavy (non-hydrogen) atoms. The van der Waals surface area contributed by atoms with Gasteiger partial charge in [-0.3, -0.25) is 4.79 Å². The van der Waals surface area contributed by atoms with E-state index in [-0.39, 0.29) is 5.69 Å².